The van der Waals surface area contributed by atoms with Gasteiger partial charge < -0.3 is 10.1 Å². The van der Waals surface area contributed by atoms with Crippen molar-refractivity contribution in [1.29, 1.82) is 0 Å². The molecule has 1 aromatic rings. The molecule has 0 saturated carbocycles. The molecule has 0 bridgehead atoms. The molecule has 1 aromatic carbocycles. The Balaban J connectivity index is 2.36. The Labute approximate surface area is 78.9 Å². The first kappa shape index (κ1) is 8.57. The summed E-state index contributed by atoms with van der Waals surface area (Å²) in [6.07, 6.45) is 0. The standard InChI is InChI=1S/C11H15NO/c1-8-6-9(11(2)7-12-11)4-5-10(8)13-3/h4-6,12H,7H2,1-3H3. The predicted molar refractivity (Wildman–Crippen MR) is 53.1 cm³/mol. The lowest BCUT2D eigenvalue weighted by molar-refractivity contribution is 0.411. The van der Waals surface area contributed by atoms with Crippen molar-refractivity contribution >= 4 is 0 Å². The van der Waals surface area contributed by atoms with Gasteiger partial charge in [0.05, 0.1) is 12.6 Å². The van der Waals surface area contributed by atoms with Gasteiger partial charge >= 0.3 is 0 Å². The summed E-state index contributed by atoms with van der Waals surface area (Å²) in [6.45, 7) is 5.38. The van der Waals surface area contributed by atoms with E-state index in [1.54, 1.807) is 7.11 Å². The highest BCUT2D eigenvalue weighted by Crippen LogP contribution is 2.32. The van der Waals surface area contributed by atoms with E-state index >= 15 is 0 Å². The van der Waals surface area contributed by atoms with Crippen molar-refractivity contribution in [2.45, 2.75) is 19.4 Å². The van der Waals surface area contributed by atoms with Gasteiger partial charge in [-0.3, -0.25) is 0 Å². The van der Waals surface area contributed by atoms with E-state index in [1.807, 2.05) is 6.07 Å². The number of aryl methyl sites for hydroxylation is 1. The molecular formula is C11H15NO. The maximum atomic E-state index is 5.21. The molecule has 0 amide bonds. The molecule has 0 aromatic heterocycles. The molecule has 1 heterocycles. The maximum absolute atomic E-state index is 5.21. The van der Waals surface area contributed by atoms with Gasteiger partial charge in [0, 0.05) is 6.54 Å². The number of methoxy groups -OCH3 is 1. The van der Waals surface area contributed by atoms with Crippen LogP contribution in [0.2, 0.25) is 0 Å². The van der Waals surface area contributed by atoms with E-state index < -0.39 is 0 Å². The van der Waals surface area contributed by atoms with Crippen LogP contribution in [-0.4, -0.2) is 13.7 Å². The number of benzene rings is 1. The van der Waals surface area contributed by atoms with Crippen molar-refractivity contribution in [3.63, 3.8) is 0 Å². The van der Waals surface area contributed by atoms with Crippen molar-refractivity contribution < 1.29 is 4.74 Å². The van der Waals surface area contributed by atoms with Gasteiger partial charge in [0.15, 0.2) is 0 Å². The zero-order valence-corrected chi connectivity index (χ0v) is 8.35. The Morgan fingerprint density at radius 1 is 1.46 bits per heavy atom. The lowest BCUT2D eigenvalue weighted by atomic mass is 9.99. The van der Waals surface area contributed by atoms with Crippen molar-refractivity contribution in [3.8, 4) is 5.75 Å². The molecule has 2 rings (SSSR count). The number of hydrogen-bond acceptors (Lipinski definition) is 2. The minimum absolute atomic E-state index is 0.219. The van der Waals surface area contributed by atoms with E-state index in [9.17, 15) is 0 Å². The SMILES string of the molecule is COc1ccc(C2(C)CN2)cc1C. The second kappa shape index (κ2) is 2.74. The Morgan fingerprint density at radius 2 is 2.15 bits per heavy atom. The third kappa shape index (κ3) is 1.42. The molecule has 0 aliphatic carbocycles. The highest BCUT2D eigenvalue weighted by Gasteiger charge is 2.38. The van der Waals surface area contributed by atoms with Crippen LogP contribution in [0.1, 0.15) is 18.1 Å². The van der Waals surface area contributed by atoms with Gasteiger partial charge in [0.25, 0.3) is 0 Å². The van der Waals surface area contributed by atoms with E-state index in [0.29, 0.717) is 0 Å². The molecule has 1 atom stereocenters. The van der Waals surface area contributed by atoms with E-state index in [2.05, 4.69) is 31.3 Å². The minimum atomic E-state index is 0.219. The van der Waals surface area contributed by atoms with Crippen molar-refractivity contribution in [1.82, 2.24) is 5.32 Å². The minimum Gasteiger partial charge on any atom is -0.496 e. The lowest BCUT2D eigenvalue weighted by Gasteiger charge is -2.10. The lowest BCUT2D eigenvalue weighted by Crippen LogP contribution is -2.06. The largest absolute Gasteiger partial charge is 0.496 e. The molecule has 1 aliphatic rings. The second-order valence-corrected chi connectivity index (χ2v) is 3.87. The fourth-order valence-electron chi connectivity index (χ4n) is 1.56. The van der Waals surface area contributed by atoms with Crippen LogP contribution in [0.25, 0.3) is 0 Å². The Bertz CT molecular complexity index is 329. The number of nitrogens with one attached hydrogen (secondary N) is 1. The molecule has 2 heteroatoms. The smallest absolute Gasteiger partial charge is 0.121 e. The first-order valence-electron chi connectivity index (χ1n) is 4.56. The average molecular weight is 177 g/mol. The first-order chi connectivity index (χ1) is 6.15. The van der Waals surface area contributed by atoms with Crippen LogP contribution in [0.15, 0.2) is 18.2 Å². The van der Waals surface area contributed by atoms with Crippen LogP contribution < -0.4 is 10.1 Å². The van der Waals surface area contributed by atoms with Crippen LogP contribution in [0.5, 0.6) is 5.75 Å². The van der Waals surface area contributed by atoms with Gasteiger partial charge in [0.1, 0.15) is 5.75 Å². The molecule has 1 fully saturated rings. The van der Waals surface area contributed by atoms with Crippen LogP contribution in [-0.2, 0) is 5.54 Å². The zero-order chi connectivity index (χ0) is 9.47. The Kier molecular flexibility index (Phi) is 1.81. The highest BCUT2D eigenvalue weighted by molar-refractivity contribution is 5.41. The van der Waals surface area contributed by atoms with Crippen molar-refractivity contribution in [2.24, 2.45) is 0 Å². The van der Waals surface area contributed by atoms with Gasteiger partial charge in [-0.1, -0.05) is 12.1 Å². The maximum Gasteiger partial charge on any atom is 0.121 e. The van der Waals surface area contributed by atoms with Crippen LogP contribution in [0.3, 0.4) is 0 Å². The molecule has 0 radical (unpaired) electrons. The Morgan fingerprint density at radius 3 is 2.62 bits per heavy atom. The van der Waals surface area contributed by atoms with Gasteiger partial charge in [-0.2, -0.15) is 0 Å². The molecule has 0 spiro atoms. The van der Waals surface area contributed by atoms with E-state index in [1.165, 1.54) is 11.1 Å². The molecule has 70 valence electrons. The Hall–Kier alpha value is -1.02. The topological polar surface area (TPSA) is 31.2 Å². The molecule has 1 aliphatic heterocycles. The monoisotopic (exact) mass is 177 g/mol. The van der Waals surface area contributed by atoms with Crippen molar-refractivity contribution in [3.05, 3.63) is 29.3 Å². The number of ether oxygens (including phenoxy) is 1. The van der Waals surface area contributed by atoms with Gasteiger partial charge in [-0.05, 0) is 31.0 Å². The zero-order valence-electron chi connectivity index (χ0n) is 8.35. The molecule has 1 unspecified atom stereocenters. The van der Waals surface area contributed by atoms with E-state index in [4.69, 9.17) is 4.74 Å². The van der Waals surface area contributed by atoms with Gasteiger partial charge in [-0.25, -0.2) is 0 Å². The fourth-order valence-corrected chi connectivity index (χ4v) is 1.56. The summed E-state index contributed by atoms with van der Waals surface area (Å²) >= 11 is 0. The van der Waals surface area contributed by atoms with Crippen LogP contribution >= 0.6 is 0 Å². The predicted octanol–water partition coefficient (Wildman–Crippen LogP) is 1.82. The summed E-state index contributed by atoms with van der Waals surface area (Å²) in [6, 6.07) is 6.36. The quantitative estimate of drug-likeness (QED) is 0.699. The van der Waals surface area contributed by atoms with Crippen LogP contribution in [0, 0.1) is 6.92 Å². The summed E-state index contributed by atoms with van der Waals surface area (Å²) in [7, 11) is 1.71. The molecule has 2 nitrogen and oxygen atoms in total. The normalized spacial score (nSPS) is 25.8. The van der Waals surface area contributed by atoms with Gasteiger partial charge in [0.2, 0.25) is 0 Å². The fraction of sp³-hybridized carbons (Fsp3) is 0.455. The third-order valence-corrected chi connectivity index (χ3v) is 2.74. The molecule has 1 saturated heterocycles. The molecule has 13 heavy (non-hydrogen) atoms. The summed E-state index contributed by atoms with van der Waals surface area (Å²) in [5, 5.41) is 3.35. The first-order valence-corrected chi connectivity index (χ1v) is 4.56. The second-order valence-electron chi connectivity index (χ2n) is 3.87. The van der Waals surface area contributed by atoms with E-state index in [0.717, 1.165) is 12.3 Å². The molecular weight excluding hydrogens is 162 g/mol. The molecule has 1 N–H and O–H groups in total. The summed E-state index contributed by atoms with van der Waals surface area (Å²) in [4.78, 5) is 0. The third-order valence-electron chi connectivity index (χ3n) is 2.74. The summed E-state index contributed by atoms with van der Waals surface area (Å²) in [5.41, 5.74) is 2.78. The van der Waals surface area contributed by atoms with E-state index in [-0.39, 0.29) is 5.54 Å². The van der Waals surface area contributed by atoms with Gasteiger partial charge in [-0.15, -0.1) is 0 Å². The summed E-state index contributed by atoms with van der Waals surface area (Å²) in [5.74, 6) is 0.966. The highest BCUT2D eigenvalue weighted by atomic mass is 16.5. The average Bonchev–Trinajstić information content (AvgIpc) is 2.85. The van der Waals surface area contributed by atoms with Crippen LogP contribution in [0.4, 0.5) is 0 Å². The number of rotatable bonds is 2. The van der Waals surface area contributed by atoms with Crippen molar-refractivity contribution in [2.75, 3.05) is 13.7 Å². The summed E-state index contributed by atoms with van der Waals surface area (Å²) < 4.78 is 5.21. The number of hydrogen-bond donors (Lipinski definition) is 1.